The molecule has 116 valence electrons. The van der Waals surface area contributed by atoms with E-state index in [9.17, 15) is 9.59 Å². The highest BCUT2D eigenvalue weighted by molar-refractivity contribution is 5.81. The summed E-state index contributed by atoms with van der Waals surface area (Å²) in [6.45, 7) is 11.2. The van der Waals surface area contributed by atoms with Crippen molar-refractivity contribution in [3.8, 4) is 0 Å². The highest BCUT2D eigenvalue weighted by Crippen LogP contribution is 2.09. The van der Waals surface area contributed by atoms with Crippen LogP contribution in [-0.2, 0) is 14.3 Å². The lowest BCUT2D eigenvalue weighted by Crippen LogP contribution is -2.38. The van der Waals surface area contributed by atoms with Gasteiger partial charge in [-0.1, -0.05) is 40.2 Å². The third-order valence-corrected chi connectivity index (χ3v) is 2.91. The fourth-order valence-corrected chi connectivity index (χ4v) is 1.54. The molecule has 1 N–H and O–H groups in total. The molecule has 0 aliphatic heterocycles. The van der Waals surface area contributed by atoms with E-state index >= 15 is 0 Å². The Morgan fingerprint density at radius 2 is 1.95 bits per heavy atom. The number of alkyl carbamates (subject to hydrolysis) is 1. The number of carbonyl (C=O) groups is 2. The van der Waals surface area contributed by atoms with Crippen molar-refractivity contribution in [3.63, 3.8) is 0 Å². The van der Waals surface area contributed by atoms with Gasteiger partial charge in [0.2, 0.25) is 0 Å². The zero-order chi connectivity index (χ0) is 15.5. The molecule has 0 rings (SSSR count). The van der Waals surface area contributed by atoms with Crippen LogP contribution in [0.25, 0.3) is 0 Å². The predicted molar refractivity (Wildman–Crippen MR) is 78.4 cm³/mol. The molecule has 0 spiro atoms. The first-order valence-electron chi connectivity index (χ1n) is 7.17. The lowest BCUT2D eigenvalue weighted by Gasteiger charge is -2.22. The number of carbonyl (C=O) groups excluding carboxylic acids is 2. The Bertz CT molecular complexity index is 315. The zero-order valence-corrected chi connectivity index (χ0v) is 13.0. The molecule has 0 aromatic carbocycles. The molecule has 0 radical (unpaired) electrons. The maximum Gasteiger partial charge on any atom is 0.407 e. The maximum absolute atomic E-state index is 11.8. The van der Waals surface area contributed by atoms with Crippen LogP contribution >= 0.6 is 0 Å². The lowest BCUT2D eigenvalue weighted by atomic mass is 10.1. The first kappa shape index (κ1) is 18.5. The number of unbranched alkanes of at least 4 members (excludes halogenated alkanes) is 1. The second-order valence-electron chi connectivity index (χ2n) is 5.21. The summed E-state index contributed by atoms with van der Waals surface area (Å²) >= 11 is 0. The van der Waals surface area contributed by atoms with Gasteiger partial charge in [0.1, 0.15) is 12.7 Å². The summed E-state index contributed by atoms with van der Waals surface area (Å²) < 4.78 is 10.2. The predicted octanol–water partition coefficient (Wildman–Crippen LogP) is 3.05. The van der Waals surface area contributed by atoms with Gasteiger partial charge < -0.3 is 14.8 Å². The van der Waals surface area contributed by atoms with Crippen molar-refractivity contribution in [1.82, 2.24) is 5.32 Å². The molecule has 2 atom stereocenters. The normalized spacial score (nSPS) is 13.4. The van der Waals surface area contributed by atoms with Crippen LogP contribution < -0.4 is 5.32 Å². The fraction of sp³-hybridized carbons (Fsp3) is 0.733. The van der Waals surface area contributed by atoms with Crippen molar-refractivity contribution in [3.05, 3.63) is 12.7 Å². The Kier molecular flexibility index (Phi) is 9.51. The summed E-state index contributed by atoms with van der Waals surface area (Å²) in [6.07, 6.45) is 3.23. The van der Waals surface area contributed by atoms with E-state index in [4.69, 9.17) is 9.47 Å². The molecule has 20 heavy (non-hydrogen) atoms. The largest absolute Gasteiger partial charge is 0.459 e. The van der Waals surface area contributed by atoms with Crippen LogP contribution in [0.15, 0.2) is 12.7 Å². The lowest BCUT2D eigenvalue weighted by molar-refractivity contribution is -0.141. The molecule has 0 aliphatic rings. The molecule has 5 heteroatoms. The summed E-state index contributed by atoms with van der Waals surface area (Å²) in [7, 11) is 0. The zero-order valence-electron chi connectivity index (χ0n) is 13.0. The number of amides is 1. The molecule has 0 aromatic heterocycles. The summed E-state index contributed by atoms with van der Waals surface area (Å²) in [5, 5.41) is 2.78. The summed E-state index contributed by atoms with van der Waals surface area (Å²) in [5.41, 5.74) is 0. The molecule has 1 amide bonds. The maximum atomic E-state index is 11.8. The van der Waals surface area contributed by atoms with Gasteiger partial charge in [0.25, 0.3) is 0 Å². The van der Waals surface area contributed by atoms with Gasteiger partial charge in [-0.05, 0) is 19.3 Å². The van der Waals surface area contributed by atoms with E-state index in [2.05, 4.69) is 18.8 Å². The minimum absolute atomic E-state index is 0.0410. The molecule has 0 bridgehead atoms. The SMILES string of the molecule is C=CC(=O)OCC(OC(=O)NC(C)CCCC)C(C)C. The quantitative estimate of drug-likeness (QED) is 0.522. The van der Waals surface area contributed by atoms with Gasteiger partial charge in [0.05, 0.1) is 0 Å². The molecule has 2 unspecified atom stereocenters. The van der Waals surface area contributed by atoms with E-state index < -0.39 is 18.2 Å². The fourth-order valence-electron chi connectivity index (χ4n) is 1.54. The molecular weight excluding hydrogens is 258 g/mol. The van der Waals surface area contributed by atoms with Crippen molar-refractivity contribution in [2.45, 2.75) is 59.1 Å². The van der Waals surface area contributed by atoms with Crippen molar-refractivity contribution in [2.75, 3.05) is 6.61 Å². The number of hydrogen-bond acceptors (Lipinski definition) is 4. The van der Waals surface area contributed by atoms with Crippen molar-refractivity contribution >= 4 is 12.1 Å². The van der Waals surface area contributed by atoms with Gasteiger partial charge in [0.15, 0.2) is 0 Å². The molecule has 0 heterocycles. The molecular formula is C15H27NO4. The van der Waals surface area contributed by atoms with Crippen LogP contribution in [0.4, 0.5) is 4.79 Å². The number of esters is 1. The van der Waals surface area contributed by atoms with E-state index in [0.717, 1.165) is 25.3 Å². The van der Waals surface area contributed by atoms with Gasteiger partial charge in [-0.25, -0.2) is 9.59 Å². The first-order chi connectivity index (χ1) is 9.40. The highest BCUT2D eigenvalue weighted by atomic mass is 16.6. The van der Waals surface area contributed by atoms with Crippen LogP contribution in [0, 0.1) is 5.92 Å². The summed E-state index contributed by atoms with van der Waals surface area (Å²) in [6, 6.07) is 0.0750. The van der Waals surface area contributed by atoms with Crippen molar-refractivity contribution < 1.29 is 19.1 Å². The van der Waals surface area contributed by atoms with Gasteiger partial charge >= 0.3 is 12.1 Å². The Morgan fingerprint density at radius 3 is 2.45 bits per heavy atom. The minimum Gasteiger partial charge on any atom is -0.459 e. The Labute approximate surface area is 121 Å². The Morgan fingerprint density at radius 1 is 1.30 bits per heavy atom. The first-order valence-corrected chi connectivity index (χ1v) is 7.17. The van der Waals surface area contributed by atoms with E-state index in [0.29, 0.717) is 0 Å². The van der Waals surface area contributed by atoms with Gasteiger partial charge in [0, 0.05) is 12.1 Å². The number of nitrogens with one attached hydrogen (secondary N) is 1. The van der Waals surface area contributed by atoms with Crippen LogP contribution in [-0.4, -0.2) is 30.8 Å². The number of rotatable bonds is 9. The summed E-state index contributed by atoms with van der Waals surface area (Å²) in [4.78, 5) is 22.8. The second kappa shape index (κ2) is 10.3. The molecule has 0 aliphatic carbocycles. The standard InChI is InChI=1S/C15H27NO4/c1-6-8-9-12(5)16-15(18)20-13(11(3)4)10-19-14(17)7-2/h7,11-13H,2,6,8-10H2,1,3-5H3,(H,16,18). The molecule has 0 saturated heterocycles. The van der Waals surface area contributed by atoms with Gasteiger partial charge in [-0.2, -0.15) is 0 Å². The average Bonchev–Trinajstić information content (AvgIpc) is 2.40. The van der Waals surface area contributed by atoms with Crippen molar-refractivity contribution in [2.24, 2.45) is 5.92 Å². The minimum atomic E-state index is -0.518. The molecule has 0 fully saturated rings. The Hall–Kier alpha value is -1.52. The Balaban J connectivity index is 4.19. The number of hydrogen-bond donors (Lipinski definition) is 1. The molecule has 0 aromatic rings. The molecule has 0 saturated carbocycles. The smallest absolute Gasteiger partial charge is 0.407 e. The van der Waals surface area contributed by atoms with E-state index in [1.807, 2.05) is 20.8 Å². The van der Waals surface area contributed by atoms with Crippen LogP contribution in [0.2, 0.25) is 0 Å². The third-order valence-electron chi connectivity index (χ3n) is 2.91. The van der Waals surface area contributed by atoms with Gasteiger partial charge in [-0.15, -0.1) is 0 Å². The van der Waals surface area contributed by atoms with E-state index in [-0.39, 0.29) is 18.6 Å². The van der Waals surface area contributed by atoms with E-state index in [1.54, 1.807) is 0 Å². The van der Waals surface area contributed by atoms with Gasteiger partial charge in [-0.3, -0.25) is 0 Å². The van der Waals surface area contributed by atoms with Crippen LogP contribution in [0.5, 0.6) is 0 Å². The topological polar surface area (TPSA) is 64.6 Å². The number of ether oxygens (including phenoxy) is 2. The molecule has 5 nitrogen and oxygen atoms in total. The average molecular weight is 285 g/mol. The van der Waals surface area contributed by atoms with Crippen LogP contribution in [0.3, 0.4) is 0 Å². The van der Waals surface area contributed by atoms with Crippen molar-refractivity contribution in [1.29, 1.82) is 0 Å². The monoisotopic (exact) mass is 285 g/mol. The van der Waals surface area contributed by atoms with E-state index in [1.165, 1.54) is 0 Å². The second-order valence-corrected chi connectivity index (χ2v) is 5.21. The summed E-state index contributed by atoms with van der Waals surface area (Å²) in [5.74, 6) is -0.458. The highest BCUT2D eigenvalue weighted by Gasteiger charge is 2.20. The van der Waals surface area contributed by atoms with Crippen LogP contribution in [0.1, 0.15) is 47.0 Å². The third kappa shape index (κ3) is 8.56.